The Morgan fingerprint density at radius 2 is 1.72 bits per heavy atom. The van der Waals surface area contributed by atoms with E-state index in [4.69, 9.17) is 4.74 Å². The molecule has 3 rings (SSSR count). The first-order valence-corrected chi connectivity index (χ1v) is 12.5. The van der Waals surface area contributed by atoms with Crippen LogP contribution in [0.4, 0.5) is 0 Å². The van der Waals surface area contributed by atoms with Gasteiger partial charge in [-0.3, -0.25) is 9.69 Å². The third-order valence-corrected chi connectivity index (χ3v) is 7.42. The fourth-order valence-electron chi connectivity index (χ4n) is 4.97. The van der Waals surface area contributed by atoms with Gasteiger partial charge in [0.2, 0.25) is 0 Å². The molecule has 174 valence electrons. The van der Waals surface area contributed by atoms with Gasteiger partial charge in [-0.1, -0.05) is 71.7 Å². The number of hydrogen-bond donors (Lipinski definition) is 0. The number of rotatable bonds is 9. The van der Waals surface area contributed by atoms with Crippen molar-refractivity contribution in [2.45, 2.75) is 45.6 Å². The van der Waals surface area contributed by atoms with Crippen LogP contribution < -0.4 is 0 Å². The van der Waals surface area contributed by atoms with E-state index in [2.05, 4.69) is 82.9 Å². The molecule has 0 spiro atoms. The molecule has 0 radical (unpaired) electrons. The van der Waals surface area contributed by atoms with E-state index in [9.17, 15) is 4.79 Å². The third-order valence-electron chi connectivity index (χ3n) is 6.89. The van der Waals surface area contributed by atoms with Crippen LogP contribution in [-0.4, -0.2) is 55.6 Å². The number of halogens is 1. The zero-order valence-corrected chi connectivity index (χ0v) is 21.5. The summed E-state index contributed by atoms with van der Waals surface area (Å²) in [7, 11) is 1.51. The van der Waals surface area contributed by atoms with Gasteiger partial charge < -0.3 is 9.64 Å². The number of ether oxygens (including phenoxy) is 1. The van der Waals surface area contributed by atoms with Crippen LogP contribution in [0.5, 0.6) is 0 Å². The van der Waals surface area contributed by atoms with Crippen LogP contribution >= 0.6 is 15.9 Å². The number of aryl methyl sites for hydroxylation is 1. The van der Waals surface area contributed by atoms with Crippen LogP contribution in [0.15, 0.2) is 53.0 Å². The zero-order chi connectivity index (χ0) is 23.1. The summed E-state index contributed by atoms with van der Waals surface area (Å²) in [5.74, 6) is 0.0279. The number of carbonyl (C=O) groups is 1. The van der Waals surface area contributed by atoms with Crippen molar-refractivity contribution >= 4 is 21.9 Å². The molecular weight excluding hydrogens is 464 g/mol. The molecule has 0 N–H and O–H groups in total. The molecule has 1 heterocycles. The van der Waals surface area contributed by atoms with E-state index in [-0.39, 0.29) is 11.9 Å². The summed E-state index contributed by atoms with van der Waals surface area (Å²) in [5, 5.41) is 0. The van der Waals surface area contributed by atoms with Crippen molar-refractivity contribution in [1.82, 2.24) is 9.80 Å². The second kappa shape index (κ2) is 11.4. The maximum absolute atomic E-state index is 13.0. The number of carbonyl (C=O) groups excluding carboxylic acids is 1. The van der Waals surface area contributed by atoms with Gasteiger partial charge in [-0.15, -0.1) is 0 Å². The first-order chi connectivity index (χ1) is 15.3. The molecule has 1 unspecified atom stereocenters. The van der Waals surface area contributed by atoms with Gasteiger partial charge in [0.05, 0.1) is 12.5 Å². The van der Waals surface area contributed by atoms with E-state index < -0.39 is 5.41 Å². The molecule has 0 amide bonds. The molecular formula is C27H37BrN2O2. The average molecular weight is 502 g/mol. The van der Waals surface area contributed by atoms with Gasteiger partial charge in [-0.05, 0) is 55.5 Å². The maximum Gasteiger partial charge on any atom is 0.316 e. The predicted molar refractivity (Wildman–Crippen MR) is 135 cm³/mol. The predicted octanol–water partition coefficient (Wildman–Crippen LogP) is 5.42. The van der Waals surface area contributed by atoms with Crippen LogP contribution in [0, 0.1) is 12.8 Å². The maximum atomic E-state index is 13.0. The Labute approximate surface area is 202 Å². The van der Waals surface area contributed by atoms with Crippen molar-refractivity contribution in [3.8, 4) is 0 Å². The quantitative estimate of drug-likeness (QED) is 0.430. The number of methoxy groups -OCH3 is 1. The summed E-state index contributed by atoms with van der Waals surface area (Å²) in [6.07, 6.45) is 1.77. The molecule has 0 aliphatic carbocycles. The van der Waals surface area contributed by atoms with E-state index in [1.54, 1.807) is 0 Å². The Hall–Kier alpha value is -1.69. The molecule has 2 aromatic rings. The van der Waals surface area contributed by atoms with Crippen molar-refractivity contribution in [3.05, 3.63) is 69.7 Å². The van der Waals surface area contributed by atoms with Crippen LogP contribution in [0.3, 0.4) is 0 Å². The lowest BCUT2D eigenvalue weighted by molar-refractivity contribution is -0.150. The number of esters is 1. The van der Waals surface area contributed by atoms with E-state index >= 15 is 0 Å². The second-order valence-electron chi connectivity index (χ2n) is 9.33. The number of piperazine rings is 1. The lowest BCUT2D eigenvalue weighted by atomic mass is 9.68. The van der Waals surface area contributed by atoms with E-state index in [1.165, 1.54) is 18.2 Å². The lowest BCUT2D eigenvalue weighted by Crippen LogP contribution is -2.47. The minimum Gasteiger partial charge on any atom is -0.468 e. The number of hydrogen-bond acceptors (Lipinski definition) is 4. The highest BCUT2D eigenvalue weighted by molar-refractivity contribution is 9.10. The van der Waals surface area contributed by atoms with Crippen molar-refractivity contribution in [1.29, 1.82) is 0 Å². The van der Waals surface area contributed by atoms with Gasteiger partial charge in [0, 0.05) is 37.2 Å². The van der Waals surface area contributed by atoms with Crippen LogP contribution in [-0.2, 0) is 21.5 Å². The van der Waals surface area contributed by atoms with Crippen molar-refractivity contribution < 1.29 is 9.53 Å². The molecule has 1 saturated heterocycles. The Morgan fingerprint density at radius 1 is 1.06 bits per heavy atom. The van der Waals surface area contributed by atoms with E-state index in [0.29, 0.717) is 0 Å². The van der Waals surface area contributed by atoms with Gasteiger partial charge in [0.1, 0.15) is 0 Å². The minimum absolute atomic E-state index is 0.127. The summed E-state index contributed by atoms with van der Waals surface area (Å²) in [5.41, 5.74) is 3.16. The van der Waals surface area contributed by atoms with Crippen molar-refractivity contribution in [3.63, 3.8) is 0 Å². The smallest absolute Gasteiger partial charge is 0.316 e. The second-order valence-corrected chi connectivity index (χ2v) is 10.3. The van der Waals surface area contributed by atoms with Crippen molar-refractivity contribution in [2.24, 2.45) is 5.92 Å². The Kier molecular flexibility index (Phi) is 8.92. The molecule has 4 nitrogen and oxygen atoms in total. The standard InChI is InChI=1S/C27H37BrN2O2/c1-21(2)27(26(31)32-4,24-9-11-25(28)12-10-24)13-6-14-29-15-17-30(18-16-29)20-23-8-5-7-22(3)19-23/h5,7-12,19,21H,6,13-18,20H2,1-4H3. The zero-order valence-electron chi connectivity index (χ0n) is 19.9. The molecule has 2 aromatic carbocycles. The van der Waals surface area contributed by atoms with Gasteiger partial charge in [0.25, 0.3) is 0 Å². The van der Waals surface area contributed by atoms with Gasteiger partial charge in [0.15, 0.2) is 0 Å². The summed E-state index contributed by atoms with van der Waals surface area (Å²) < 4.78 is 6.33. The Bertz CT molecular complexity index is 875. The third kappa shape index (κ3) is 6.00. The number of nitrogens with zero attached hydrogens (tertiary/aromatic N) is 2. The highest BCUT2D eigenvalue weighted by Gasteiger charge is 2.44. The van der Waals surface area contributed by atoms with Gasteiger partial charge in [-0.25, -0.2) is 0 Å². The van der Waals surface area contributed by atoms with Crippen LogP contribution in [0.2, 0.25) is 0 Å². The summed E-state index contributed by atoms with van der Waals surface area (Å²) >= 11 is 3.51. The van der Waals surface area contributed by atoms with Gasteiger partial charge >= 0.3 is 5.97 Å². The van der Waals surface area contributed by atoms with Crippen LogP contribution in [0.25, 0.3) is 0 Å². The fourth-order valence-corrected chi connectivity index (χ4v) is 5.24. The summed E-state index contributed by atoms with van der Waals surface area (Å²) in [6.45, 7) is 12.8. The highest BCUT2D eigenvalue weighted by Crippen LogP contribution is 2.39. The average Bonchev–Trinajstić information content (AvgIpc) is 2.78. The minimum atomic E-state index is -0.609. The molecule has 32 heavy (non-hydrogen) atoms. The van der Waals surface area contributed by atoms with E-state index in [0.717, 1.165) is 62.1 Å². The molecule has 1 aliphatic heterocycles. The molecule has 0 bridgehead atoms. The Balaban J connectivity index is 1.57. The Morgan fingerprint density at radius 3 is 2.31 bits per heavy atom. The summed E-state index contributed by atoms with van der Waals surface area (Å²) in [4.78, 5) is 18.1. The molecule has 1 aliphatic rings. The highest BCUT2D eigenvalue weighted by atomic mass is 79.9. The topological polar surface area (TPSA) is 32.8 Å². The van der Waals surface area contributed by atoms with Crippen molar-refractivity contribution in [2.75, 3.05) is 39.8 Å². The molecule has 1 atom stereocenters. The monoisotopic (exact) mass is 500 g/mol. The van der Waals surface area contributed by atoms with Crippen LogP contribution in [0.1, 0.15) is 43.4 Å². The molecule has 1 fully saturated rings. The molecule has 0 aromatic heterocycles. The van der Waals surface area contributed by atoms with E-state index in [1.807, 2.05) is 12.1 Å². The lowest BCUT2D eigenvalue weighted by Gasteiger charge is -2.38. The first kappa shape index (κ1) is 24.9. The SMILES string of the molecule is COC(=O)C(CCCN1CCN(Cc2cccc(C)c2)CC1)(c1ccc(Br)cc1)C(C)C. The largest absolute Gasteiger partial charge is 0.468 e. The molecule has 0 saturated carbocycles. The fraction of sp³-hybridized carbons (Fsp3) is 0.519. The van der Waals surface area contributed by atoms with Gasteiger partial charge in [-0.2, -0.15) is 0 Å². The first-order valence-electron chi connectivity index (χ1n) is 11.7. The summed E-state index contributed by atoms with van der Waals surface area (Å²) in [6, 6.07) is 17.0. The molecule has 5 heteroatoms. The number of benzene rings is 2. The normalized spacial score (nSPS) is 17.3.